The Kier molecular flexibility index (Phi) is 5.14. The van der Waals surface area contributed by atoms with Crippen LogP contribution in [0.25, 0.3) is 10.9 Å². The van der Waals surface area contributed by atoms with Crippen molar-refractivity contribution >= 4 is 16.8 Å². The maximum atomic E-state index is 11.4. The largest absolute Gasteiger partial charge is 0.462 e. The number of benzene rings is 1. The van der Waals surface area contributed by atoms with E-state index >= 15 is 0 Å². The van der Waals surface area contributed by atoms with Crippen LogP contribution >= 0.6 is 0 Å². The minimum atomic E-state index is -1.35. The first-order valence-corrected chi connectivity index (χ1v) is 7.90. The lowest BCUT2D eigenvalue weighted by Gasteiger charge is -2.42. The molecule has 1 fully saturated rings. The highest BCUT2D eigenvalue weighted by molar-refractivity contribution is 5.79. The van der Waals surface area contributed by atoms with Crippen LogP contribution < -0.4 is 10.1 Å². The summed E-state index contributed by atoms with van der Waals surface area (Å²) in [5.41, 5.74) is 0.714. The quantitative estimate of drug-likeness (QED) is 0.591. The highest BCUT2D eigenvalue weighted by Crippen LogP contribution is 2.26. The van der Waals surface area contributed by atoms with Gasteiger partial charge in [0, 0.05) is 24.6 Å². The molecule has 134 valence electrons. The van der Waals surface area contributed by atoms with E-state index in [9.17, 15) is 20.1 Å². The third kappa shape index (κ3) is 3.72. The lowest BCUT2D eigenvalue weighted by Crippen LogP contribution is -2.65. The van der Waals surface area contributed by atoms with Crippen molar-refractivity contribution in [1.82, 2.24) is 10.3 Å². The van der Waals surface area contributed by atoms with Crippen LogP contribution in [0.5, 0.6) is 5.75 Å². The Morgan fingerprint density at radius 3 is 2.84 bits per heavy atom. The molecule has 1 saturated heterocycles. The second kappa shape index (κ2) is 7.32. The molecule has 0 aliphatic carbocycles. The molecule has 0 radical (unpaired) electrons. The summed E-state index contributed by atoms with van der Waals surface area (Å²) < 4.78 is 11.3. The topological polar surface area (TPSA) is 121 Å². The van der Waals surface area contributed by atoms with Crippen molar-refractivity contribution in [3.8, 4) is 5.75 Å². The van der Waals surface area contributed by atoms with Gasteiger partial charge in [-0.3, -0.25) is 9.78 Å². The molecule has 1 aromatic carbocycles. The number of fused-ring (bicyclic) bond motifs is 1. The smallest absolute Gasteiger partial charge is 0.223 e. The molecule has 0 bridgehead atoms. The van der Waals surface area contributed by atoms with Gasteiger partial charge in [0.15, 0.2) is 0 Å². The summed E-state index contributed by atoms with van der Waals surface area (Å²) in [5, 5.41) is 33.0. The zero-order chi connectivity index (χ0) is 18.0. The number of ether oxygens (including phenoxy) is 2. The number of nitrogens with zero attached hydrogens (tertiary/aromatic N) is 1. The fourth-order valence-electron chi connectivity index (χ4n) is 2.82. The minimum absolute atomic E-state index is 0.406. The molecule has 1 amide bonds. The van der Waals surface area contributed by atoms with E-state index < -0.39 is 43.2 Å². The second-order valence-electron chi connectivity index (χ2n) is 5.91. The first-order chi connectivity index (χ1) is 12.0. The number of aliphatic hydroxyl groups is 3. The van der Waals surface area contributed by atoms with E-state index in [0.29, 0.717) is 11.3 Å². The van der Waals surface area contributed by atoms with Crippen molar-refractivity contribution in [3.05, 3.63) is 36.5 Å². The highest BCUT2D eigenvalue weighted by atomic mass is 16.7. The SMILES string of the molecule is CC(=O)N[C@@H]1C(Oc2ccc3cccnc3c2)OC(CO)C(O)C1O. The Balaban J connectivity index is 1.86. The van der Waals surface area contributed by atoms with Gasteiger partial charge < -0.3 is 30.1 Å². The van der Waals surface area contributed by atoms with E-state index in [-0.39, 0.29) is 0 Å². The lowest BCUT2D eigenvalue weighted by molar-refractivity contribution is -0.244. The van der Waals surface area contributed by atoms with Gasteiger partial charge in [-0.2, -0.15) is 0 Å². The van der Waals surface area contributed by atoms with Gasteiger partial charge in [-0.1, -0.05) is 6.07 Å². The number of hydrogen-bond acceptors (Lipinski definition) is 7. The van der Waals surface area contributed by atoms with Gasteiger partial charge in [0.05, 0.1) is 12.1 Å². The summed E-state index contributed by atoms with van der Waals surface area (Å²) >= 11 is 0. The van der Waals surface area contributed by atoms with Gasteiger partial charge in [-0.25, -0.2) is 0 Å². The van der Waals surface area contributed by atoms with Crippen LogP contribution in [0.1, 0.15) is 6.92 Å². The number of aliphatic hydroxyl groups excluding tert-OH is 3. The van der Waals surface area contributed by atoms with Crippen LogP contribution in [0.4, 0.5) is 0 Å². The zero-order valence-electron chi connectivity index (χ0n) is 13.6. The average Bonchev–Trinajstić information content (AvgIpc) is 2.61. The van der Waals surface area contributed by atoms with Gasteiger partial charge in [-0.15, -0.1) is 0 Å². The molecule has 1 aromatic heterocycles. The maximum Gasteiger partial charge on any atom is 0.223 e. The maximum absolute atomic E-state index is 11.4. The monoisotopic (exact) mass is 348 g/mol. The number of nitrogens with one attached hydrogen (secondary N) is 1. The average molecular weight is 348 g/mol. The Hall–Kier alpha value is -2.26. The Morgan fingerprint density at radius 2 is 2.12 bits per heavy atom. The van der Waals surface area contributed by atoms with Gasteiger partial charge in [0.25, 0.3) is 0 Å². The second-order valence-corrected chi connectivity index (χ2v) is 5.91. The molecule has 0 saturated carbocycles. The molecule has 4 N–H and O–H groups in total. The van der Waals surface area contributed by atoms with Crippen LogP contribution in [0.2, 0.25) is 0 Å². The number of rotatable bonds is 4. The first kappa shape index (κ1) is 17.6. The number of carbonyl (C=O) groups is 1. The zero-order valence-corrected chi connectivity index (χ0v) is 13.6. The molecule has 1 aliphatic rings. The van der Waals surface area contributed by atoms with Crippen molar-refractivity contribution in [2.75, 3.05) is 6.61 Å². The lowest BCUT2D eigenvalue weighted by atomic mass is 9.97. The van der Waals surface area contributed by atoms with E-state index in [2.05, 4.69) is 10.3 Å². The molecule has 2 heterocycles. The van der Waals surface area contributed by atoms with E-state index in [1.54, 1.807) is 18.3 Å². The summed E-state index contributed by atoms with van der Waals surface area (Å²) in [6.07, 6.45) is -3.15. The van der Waals surface area contributed by atoms with Crippen molar-refractivity contribution in [2.45, 2.75) is 37.6 Å². The van der Waals surface area contributed by atoms with E-state index in [1.165, 1.54) is 6.92 Å². The number of amides is 1. The summed E-state index contributed by atoms with van der Waals surface area (Å²) in [5.74, 6) is 0.0166. The Bertz CT molecular complexity index is 755. The summed E-state index contributed by atoms with van der Waals surface area (Å²) in [7, 11) is 0. The van der Waals surface area contributed by atoms with Crippen molar-refractivity contribution in [1.29, 1.82) is 0 Å². The Labute approximate surface area is 144 Å². The Morgan fingerprint density at radius 1 is 1.32 bits per heavy atom. The highest BCUT2D eigenvalue weighted by Gasteiger charge is 2.46. The third-order valence-electron chi connectivity index (χ3n) is 4.08. The summed E-state index contributed by atoms with van der Waals surface area (Å²) in [4.78, 5) is 15.7. The first-order valence-electron chi connectivity index (χ1n) is 7.90. The van der Waals surface area contributed by atoms with Gasteiger partial charge in [0.2, 0.25) is 12.2 Å². The fraction of sp³-hybridized carbons (Fsp3) is 0.412. The van der Waals surface area contributed by atoms with E-state index in [4.69, 9.17) is 9.47 Å². The molecule has 3 rings (SSSR count). The number of pyridine rings is 1. The van der Waals surface area contributed by atoms with Gasteiger partial charge >= 0.3 is 0 Å². The van der Waals surface area contributed by atoms with Crippen molar-refractivity contribution in [3.63, 3.8) is 0 Å². The van der Waals surface area contributed by atoms with Crippen LogP contribution in [-0.4, -0.2) is 63.5 Å². The van der Waals surface area contributed by atoms with Crippen molar-refractivity contribution in [2.24, 2.45) is 0 Å². The molecule has 8 heteroatoms. The van der Waals surface area contributed by atoms with E-state index in [0.717, 1.165) is 5.39 Å². The molecule has 0 spiro atoms. The van der Waals surface area contributed by atoms with Crippen molar-refractivity contribution < 1.29 is 29.6 Å². The number of carbonyl (C=O) groups excluding carboxylic acids is 1. The molecule has 4 unspecified atom stereocenters. The predicted octanol–water partition coefficient (Wildman–Crippen LogP) is -0.443. The third-order valence-corrected chi connectivity index (χ3v) is 4.08. The minimum Gasteiger partial charge on any atom is -0.462 e. The molecule has 8 nitrogen and oxygen atoms in total. The van der Waals surface area contributed by atoms with Gasteiger partial charge in [-0.05, 0) is 18.2 Å². The van der Waals surface area contributed by atoms with Gasteiger partial charge in [0.1, 0.15) is 30.1 Å². The molecule has 5 atom stereocenters. The normalized spacial score (nSPS) is 29.4. The van der Waals surface area contributed by atoms with E-state index in [1.807, 2.05) is 18.2 Å². The van der Waals surface area contributed by atoms with Crippen LogP contribution in [0.3, 0.4) is 0 Å². The standard InChI is InChI=1S/C17H20N2O6/c1-9(21)19-14-16(23)15(22)13(8-20)25-17(14)24-11-5-4-10-3-2-6-18-12(10)7-11/h2-7,13-17,20,22-23H,8H2,1H3,(H,19,21)/t13?,14-,15?,16?,17?/m0/s1. The molecular weight excluding hydrogens is 328 g/mol. The number of hydrogen-bond donors (Lipinski definition) is 4. The fourth-order valence-corrected chi connectivity index (χ4v) is 2.82. The molecular formula is C17H20N2O6. The van der Waals surface area contributed by atoms with Crippen LogP contribution in [-0.2, 0) is 9.53 Å². The van der Waals surface area contributed by atoms with Crippen LogP contribution in [0, 0.1) is 0 Å². The predicted molar refractivity (Wildman–Crippen MR) is 87.7 cm³/mol. The van der Waals surface area contributed by atoms with Crippen LogP contribution in [0.15, 0.2) is 36.5 Å². The number of aromatic nitrogens is 1. The molecule has 25 heavy (non-hydrogen) atoms. The summed E-state index contributed by atoms with van der Waals surface area (Å²) in [6.45, 7) is 0.790. The molecule has 1 aliphatic heterocycles. The molecule has 2 aromatic rings. The summed E-state index contributed by atoms with van der Waals surface area (Å²) in [6, 6.07) is 7.98.